The van der Waals surface area contributed by atoms with Crippen LogP contribution in [0.5, 0.6) is 11.5 Å². The van der Waals surface area contributed by atoms with Crippen molar-refractivity contribution in [3.8, 4) is 11.5 Å². The van der Waals surface area contributed by atoms with Crippen LogP contribution < -0.4 is 20.1 Å². The largest absolute Gasteiger partial charge is 0.493 e. The molecule has 0 aliphatic heterocycles. The van der Waals surface area contributed by atoms with Gasteiger partial charge in [-0.2, -0.15) is 0 Å². The molecule has 27 heavy (non-hydrogen) atoms. The van der Waals surface area contributed by atoms with Crippen LogP contribution >= 0.6 is 0 Å². The number of nitrogens with one attached hydrogen (secondary N) is 2. The summed E-state index contributed by atoms with van der Waals surface area (Å²) in [5.41, 5.74) is 0.420. The van der Waals surface area contributed by atoms with Gasteiger partial charge in [0.05, 0.1) is 24.7 Å². The zero-order valence-electron chi connectivity index (χ0n) is 15.1. The fourth-order valence-electron chi connectivity index (χ4n) is 2.35. The van der Waals surface area contributed by atoms with E-state index in [1.807, 2.05) is 0 Å². The van der Waals surface area contributed by atoms with E-state index in [9.17, 15) is 19.7 Å². The molecule has 0 radical (unpaired) electrons. The second kappa shape index (κ2) is 8.65. The number of carbonyl (C=O) groups excluding carboxylic acids is 2. The first-order valence-corrected chi connectivity index (χ1v) is 8.04. The molecule has 2 amide bonds. The first kappa shape index (κ1) is 19.7. The average molecular weight is 373 g/mol. The third kappa shape index (κ3) is 4.94. The molecule has 2 aromatic rings. The van der Waals surface area contributed by atoms with Crippen LogP contribution in [0.25, 0.3) is 0 Å². The van der Waals surface area contributed by atoms with E-state index in [1.165, 1.54) is 20.1 Å². The summed E-state index contributed by atoms with van der Waals surface area (Å²) in [6.45, 7) is 3.41. The minimum Gasteiger partial charge on any atom is -0.493 e. The molecule has 0 unspecified atom stereocenters. The maximum Gasteiger partial charge on any atom is 0.286 e. The average Bonchev–Trinajstić information content (AvgIpc) is 2.62. The molecule has 9 heteroatoms. The lowest BCUT2D eigenvalue weighted by atomic mass is 10.1. The van der Waals surface area contributed by atoms with Gasteiger partial charge in [0.15, 0.2) is 11.5 Å². The van der Waals surface area contributed by atoms with Gasteiger partial charge in [0.1, 0.15) is 5.56 Å². The second-order valence-corrected chi connectivity index (χ2v) is 5.42. The summed E-state index contributed by atoms with van der Waals surface area (Å²) in [4.78, 5) is 34.3. The number of nitrogens with zero attached hydrogens (tertiary/aromatic N) is 1. The molecule has 0 saturated heterocycles. The molecular formula is C18H19N3O6. The van der Waals surface area contributed by atoms with Gasteiger partial charge in [0, 0.05) is 24.4 Å². The van der Waals surface area contributed by atoms with E-state index >= 15 is 0 Å². The molecule has 2 rings (SSSR count). The molecule has 0 aliphatic rings. The van der Waals surface area contributed by atoms with E-state index in [4.69, 9.17) is 9.47 Å². The lowest BCUT2D eigenvalue weighted by molar-refractivity contribution is -0.385. The Morgan fingerprint density at radius 3 is 2.15 bits per heavy atom. The van der Waals surface area contributed by atoms with Crippen LogP contribution in [0.3, 0.4) is 0 Å². The lowest BCUT2D eigenvalue weighted by Gasteiger charge is -2.12. The molecule has 9 nitrogen and oxygen atoms in total. The molecule has 0 spiro atoms. The monoisotopic (exact) mass is 373 g/mol. The van der Waals surface area contributed by atoms with Crippen LogP contribution in [-0.2, 0) is 4.79 Å². The predicted octanol–water partition coefficient (Wildman–Crippen LogP) is 3.21. The first-order chi connectivity index (χ1) is 12.8. The van der Waals surface area contributed by atoms with Crippen LogP contribution in [0, 0.1) is 10.1 Å². The van der Waals surface area contributed by atoms with Gasteiger partial charge in [-0.15, -0.1) is 0 Å². The molecular weight excluding hydrogens is 354 g/mol. The van der Waals surface area contributed by atoms with Crippen LogP contribution in [0.1, 0.15) is 24.2 Å². The highest BCUT2D eigenvalue weighted by molar-refractivity contribution is 6.07. The van der Waals surface area contributed by atoms with Gasteiger partial charge in [-0.05, 0) is 31.2 Å². The molecule has 0 atom stereocenters. The highest BCUT2D eigenvalue weighted by Crippen LogP contribution is 2.35. The fourth-order valence-corrected chi connectivity index (χ4v) is 2.35. The quantitative estimate of drug-likeness (QED) is 0.568. The maximum atomic E-state index is 12.6. The van der Waals surface area contributed by atoms with Crippen LogP contribution in [0.15, 0.2) is 36.4 Å². The van der Waals surface area contributed by atoms with Crippen molar-refractivity contribution in [2.24, 2.45) is 0 Å². The van der Waals surface area contributed by atoms with Crippen LogP contribution in [-0.4, -0.2) is 30.5 Å². The van der Waals surface area contributed by atoms with Gasteiger partial charge >= 0.3 is 0 Å². The zero-order valence-corrected chi connectivity index (χ0v) is 15.1. The summed E-state index contributed by atoms with van der Waals surface area (Å²) in [6.07, 6.45) is 0. The summed E-state index contributed by atoms with van der Waals surface area (Å²) < 4.78 is 10.5. The Morgan fingerprint density at radius 2 is 1.67 bits per heavy atom. The Morgan fingerprint density at radius 1 is 1.07 bits per heavy atom. The van der Waals surface area contributed by atoms with Crippen molar-refractivity contribution in [2.75, 3.05) is 24.4 Å². The Kier molecular flexibility index (Phi) is 6.32. The molecule has 0 aromatic heterocycles. The van der Waals surface area contributed by atoms with Gasteiger partial charge in [-0.25, -0.2) is 0 Å². The van der Waals surface area contributed by atoms with Gasteiger partial charge in [-0.3, -0.25) is 19.7 Å². The number of carbonyl (C=O) groups is 2. The number of benzene rings is 2. The summed E-state index contributed by atoms with van der Waals surface area (Å²) in [5.74, 6) is -0.490. The fraction of sp³-hybridized carbons (Fsp3) is 0.222. The number of nitro groups is 1. The Hall–Kier alpha value is -3.62. The number of methoxy groups -OCH3 is 1. The molecule has 0 bridgehead atoms. The number of hydrogen-bond acceptors (Lipinski definition) is 6. The standard InChI is InChI=1S/C18H19N3O6/c1-4-27-17-10-15(21(24)25)14(9-16(17)26-3)18(23)20-13-7-5-12(6-8-13)19-11(2)22/h5-10H,4H2,1-3H3,(H,19,22)(H,20,23). The van der Waals surface area contributed by atoms with Crippen molar-refractivity contribution in [3.05, 3.63) is 52.1 Å². The van der Waals surface area contributed by atoms with Gasteiger partial charge in [-0.1, -0.05) is 0 Å². The van der Waals surface area contributed by atoms with Crippen molar-refractivity contribution in [1.82, 2.24) is 0 Å². The summed E-state index contributed by atoms with van der Waals surface area (Å²) in [6, 6.07) is 8.78. The van der Waals surface area contributed by atoms with Gasteiger partial charge in [0.2, 0.25) is 5.91 Å². The number of amides is 2. The van der Waals surface area contributed by atoms with E-state index in [0.29, 0.717) is 18.0 Å². The molecule has 0 fully saturated rings. The van der Waals surface area contributed by atoms with Crippen LogP contribution in [0.4, 0.5) is 17.1 Å². The summed E-state index contributed by atoms with van der Waals surface area (Å²) in [5, 5.41) is 16.6. The molecule has 0 heterocycles. The Balaban J connectivity index is 2.31. The zero-order chi connectivity index (χ0) is 20.0. The third-order valence-electron chi connectivity index (χ3n) is 3.49. The number of hydrogen-bond donors (Lipinski definition) is 2. The van der Waals surface area contributed by atoms with Crippen molar-refractivity contribution < 1.29 is 24.0 Å². The number of anilines is 2. The maximum absolute atomic E-state index is 12.6. The van der Waals surface area contributed by atoms with E-state index in [2.05, 4.69) is 10.6 Å². The number of rotatable bonds is 7. The normalized spacial score (nSPS) is 10.0. The molecule has 0 saturated carbocycles. The SMILES string of the molecule is CCOc1cc([N+](=O)[O-])c(C(=O)Nc2ccc(NC(C)=O)cc2)cc1OC. The number of ether oxygens (including phenoxy) is 2. The lowest BCUT2D eigenvalue weighted by Crippen LogP contribution is -2.15. The molecule has 0 aliphatic carbocycles. The predicted molar refractivity (Wildman–Crippen MR) is 99.5 cm³/mol. The van der Waals surface area contributed by atoms with Crippen LogP contribution in [0.2, 0.25) is 0 Å². The topological polar surface area (TPSA) is 120 Å². The van der Waals surface area contributed by atoms with E-state index in [1.54, 1.807) is 31.2 Å². The third-order valence-corrected chi connectivity index (χ3v) is 3.49. The minimum atomic E-state index is -0.671. The van der Waals surface area contributed by atoms with Gasteiger partial charge < -0.3 is 20.1 Å². The Bertz CT molecular complexity index is 864. The molecule has 142 valence electrons. The van der Waals surface area contributed by atoms with Crippen molar-refractivity contribution in [3.63, 3.8) is 0 Å². The van der Waals surface area contributed by atoms with E-state index < -0.39 is 16.5 Å². The highest BCUT2D eigenvalue weighted by Gasteiger charge is 2.24. The van der Waals surface area contributed by atoms with Crippen molar-refractivity contribution in [1.29, 1.82) is 0 Å². The van der Waals surface area contributed by atoms with Gasteiger partial charge in [0.25, 0.3) is 11.6 Å². The smallest absolute Gasteiger partial charge is 0.286 e. The van der Waals surface area contributed by atoms with Crippen molar-refractivity contribution >= 4 is 28.9 Å². The highest BCUT2D eigenvalue weighted by atomic mass is 16.6. The summed E-state index contributed by atoms with van der Waals surface area (Å²) in [7, 11) is 1.38. The Labute approximate surface area is 155 Å². The van der Waals surface area contributed by atoms with E-state index in [-0.39, 0.29) is 23.0 Å². The molecule has 2 N–H and O–H groups in total. The number of nitro benzene ring substituents is 1. The van der Waals surface area contributed by atoms with E-state index in [0.717, 1.165) is 6.07 Å². The first-order valence-electron chi connectivity index (χ1n) is 8.04. The minimum absolute atomic E-state index is 0.161. The molecule has 2 aromatic carbocycles. The second-order valence-electron chi connectivity index (χ2n) is 5.42. The summed E-state index contributed by atoms with van der Waals surface area (Å²) >= 11 is 0. The van der Waals surface area contributed by atoms with Crippen molar-refractivity contribution in [2.45, 2.75) is 13.8 Å².